The molecule has 0 saturated carbocycles. The van der Waals surface area contributed by atoms with Gasteiger partial charge >= 0.3 is 0 Å². The van der Waals surface area contributed by atoms with Crippen molar-refractivity contribution in [3.8, 4) is 0 Å². The Labute approximate surface area is 106 Å². The van der Waals surface area contributed by atoms with Crippen LogP contribution in [0.15, 0.2) is 41.4 Å². The van der Waals surface area contributed by atoms with Gasteiger partial charge < -0.3 is 0 Å². The van der Waals surface area contributed by atoms with Crippen LogP contribution < -0.4 is 4.72 Å². The normalized spacial score (nSPS) is 13.4. The zero-order valence-electron chi connectivity index (χ0n) is 10.2. The van der Waals surface area contributed by atoms with Crippen LogP contribution >= 0.6 is 0 Å². The molecular weight excluding hydrogens is 250 g/mol. The first-order chi connectivity index (χ1) is 8.50. The molecule has 2 rings (SSSR count). The van der Waals surface area contributed by atoms with Crippen LogP contribution in [0.5, 0.6) is 0 Å². The van der Waals surface area contributed by atoms with Gasteiger partial charge in [-0.2, -0.15) is 5.10 Å². The van der Waals surface area contributed by atoms with Crippen LogP contribution in [0.4, 0.5) is 0 Å². The van der Waals surface area contributed by atoms with Crippen LogP contribution in [-0.2, 0) is 10.0 Å². The lowest BCUT2D eigenvalue weighted by Crippen LogP contribution is -2.27. The molecule has 0 radical (unpaired) electrons. The third kappa shape index (κ3) is 2.60. The Morgan fingerprint density at radius 2 is 1.94 bits per heavy atom. The lowest BCUT2D eigenvalue weighted by Gasteiger charge is -2.14. The molecule has 1 atom stereocenters. The number of hydrogen-bond acceptors (Lipinski definition) is 3. The number of benzene rings is 1. The number of rotatable bonds is 4. The fourth-order valence-corrected chi connectivity index (χ4v) is 3.09. The summed E-state index contributed by atoms with van der Waals surface area (Å²) in [6, 6.07) is 9.13. The maximum absolute atomic E-state index is 12.1. The van der Waals surface area contributed by atoms with E-state index in [1.54, 1.807) is 6.92 Å². The minimum Gasteiger partial charge on any atom is -0.281 e. The second-order valence-electron chi connectivity index (χ2n) is 4.11. The third-order valence-electron chi connectivity index (χ3n) is 2.70. The van der Waals surface area contributed by atoms with Gasteiger partial charge in [0.2, 0.25) is 10.0 Å². The summed E-state index contributed by atoms with van der Waals surface area (Å²) in [6.45, 7) is 3.48. The van der Waals surface area contributed by atoms with E-state index < -0.39 is 10.0 Å². The summed E-state index contributed by atoms with van der Waals surface area (Å²) in [5, 5.41) is 6.34. The van der Waals surface area contributed by atoms with E-state index in [4.69, 9.17) is 0 Å². The molecule has 96 valence electrons. The Morgan fingerprint density at radius 3 is 2.50 bits per heavy atom. The number of H-pyrrole nitrogens is 1. The highest BCUT2D eigenvalue weighted by molar-refractivity contribution is 7.89. The molecule has 0 amide bonds. The third-order valence-corrected chi connectivity index (χ3v) is 4.36. The molecule has 1 heterocycles. The standard InChI is InChI=1S/C12H15N3O2S/c1-9(11-6-4-3-5-7-11)15-18(16,17)12-8-13-14-10(12)2/h3-9,15H,1-2H3,(H,13,14)/t9-/m0/s1. The molecule has 0 fully saturated rings. The van der Waals surface area contributed by atoms with E-state index in [1.165, 1.54) is 6.20 Å². The molecule has 0 aliphatic rings. The van der Waals surface area contributed by atoms with E-state index in [0.717, 1.165) is 5.56 Å². The molecule has 0 saturated heterocycles. The van der Waals surface area contributed by atoms with Crippen LogP contribution in [0.3, 0.4) is 0 Å². The van der Waals surface area contributed by atoms with Gasteiger partial charge in [0, 0.05) is 6.04 Å². The Balaban J connectivity index is 2.22. The van der Waals surface area contributed by atoms with Crippen LogP contribution in [0.1, 0.15) is 24.2 Å². The van der Waals surface area contributed by atoms with Gasteiger partial charge in [0.15, 0.2) is 0 Å². The summed E-state index contributed by atoms with van der Waals surface area (Å²) in [4.78, 5) is 0.185. The molecule has 0 spiro atoms. The van der Waals surface area contributed by atoms with Gasteiger partial charge in [-0.05, 0) is 19.4 Å². The molecule has 2 aromatic rings. The molecule has 18 heavy (non-hydrogen) atoms. The Hall–Kier alpha value is -1.66. The molecule has 6 heteroatoms. The maximum atomic E-state index is 12.1. The quantitative estimate of drug-likeness (QED) is 0.884. The van der Waals surface area contributed by atoms with Gasteiger partial charge in [0.1, 0.15) is 4.90 Å². The number of nitrogens with zero attached hydrogens (tertiary/aromatic N) is 1. The van der Waals surface area contributed by atoms with Crippen molar-refractivity contribution in [3.63, 3.8) is 0 Å². The molecule has 0 aliphatic heterocycles. The summed E-state index contributed by atoms with van der Waals surface area (Å²) in [5.74, 6) is 0. The molecular formula is C12H15N3O2S. The van der Waals surface area contributed by atoms with Crippen molar-refractivity contribution in [3.05, 3.63) is 47.8 Å². The van der Waals surface area contributed by atoms with Crippen molar-refractivity contribution in [2.24, 2.45) is 0 Å². The number of hydrogen-bond donors (Lipinski definition) is 2. The number of sulfonamides is 1. The second-order valence-corrected chi connectivity index (χ2v) is 5.80. The fraction of sp³-hybridized carbons (Fsp3) is 0.250. The highest BCUT2D eigenvalue weighted by Crippen LogP contribution is 2.17. The minimum absolute atomic E-state index is 0.185. The van der Waals surface area contributed by atoms with E-state index in [1.807, 2.05) is 37.3 Å². The number of aryl methyl sites for hydroxylation is 1. The first kappa shape index (κ1) is 12.8. The van der Waals surface area contributed by atoms with E-state index in [0.29, 0.717) is 5.69 Å². The summed E-state index contributed by atoms with van der Waals surface area (Å²) < 4.78 is 26.9. The van der Waals surface area contributed by atoms with Crippen LogP contribution in [0.25, 0.3) is 0 Å². The molecule has 0 unspecified atom stereocenters. The molecule has 0 bridgehead atoms. The van der Waals surface area contributed by atoms with E-state index >= 15 is 0 Å². The predicted molar refractivity (Wildman–Crippen MR) is 68.5 cm³/mol. The van der Waals surface area contributed by atoms with Crippen LogP contribution in [-0.4, -0.2) is 18.6 Å². The van der Waals surface area contributed by atoms with Gasteiger partial charge in [-0.1, -0.05) is 30.3 Å². The Morgan fingerprint density at radius 1 is 1.28 bits per heavy atom. The van der Waals surface area contributed by atoms with Crippen molar-refractivity contribution in [1.82, 2.24) is 14.9 Å². The minimum atomic E-state index is -3.54. The van der Waals surface area contributed by atoms with Gasteiger partial charge in [-0.3, -0.25) is 5.10 Å². The summed E-state index contributed by atoms with van der Waals surface area (Å²) in [7, 11) is -3.54. The lowest BCUT2D eigenvalue weighted by atomic mass is 10.1. The molecule has 1 aromatic carbocycles. The maximum Gasteiger partial charge on any atom is 0.244 e. The second kappa shape index (κ2) is 4.91. The molecule has 2 N–H and O–H groups in total. The zero-order chi connectivity index (χ0) is 13.2. The first-order valence-electron chi connectivity index (χ1n) is 5.58. The van der Waals surface area contributed by atoms with Crippen molar-refractivity contribution in [2.75, 3.05) is 0 Å². The smallest absolute Gasteiger partial charge is 0.244 e. The number of nitrogens with one attached hydrogen (secondary N) is 2. The predicted octanol–water partition coefficient (Wildman–Crippen LogP) is 1.76. The Bertz CT molecular complexity index is 620. The van der Waals surface area contributed by atoms with Crippen LogP contribution in [0, 0.1) is 6.92 Å². The monoisotopic (exact) mass is 265 g/mol. The number of aromatic amines is 1. The van der Waals surface area contributed by atoms with Gasteiger partial charge in [-0.15, -0.1) is 0 Å². The first-order valence-corrected chi connectivity index (χ1v) is 7.06. The highest BCUT2D eigenvalue weighted by Gasteiger charge is 2.21. The van der Waals surface area contributed by atoms with Gasteiger partial charge in [0.25, 0.3) is 0 Å². The summed E-state index contributed by atoms with van der Waals surface area (Å²) in [5.41, 5.74) is 1.45. The van der Waals surface area contributed by atoms with E-state index in [2.05, 4.69) is 14.9 Å². The van der Waals surface area contributed by atoms with E-state index in [9.17, 15) is 8.42 Å². The average Bonchev–Trinajstić information content (AvgIpc) is 2.77. The average molecular weight is 265 g/mol. The van der Waals surface area contributed by atoms with Crippen molar-refractivity contribution < 1.29 is 8.42 Å². The van der Waals surface area contributed by atoms with Crippen LogP contribution in [0.2, 0.25) is 0 Å². The lowest BCUT2D eigenvalue weighted by molar-refractivity contribution is 0.566. The summed E-state index contributed by atoms with van der Waals surface area (Å²) >= 11 is 0. The Kier molecular flexibility index (Phi) is 3.49. The summed E-state index contributed by atoms with van der Waals surface area (Å²) in [6.07, 6.45) is 1.31. The van der Waals surface area contributed by atoms with Crippen molar-refractivity contribution in [2.45, 2.75) is 24.8 Å². The largest absolute Gasteiger partial charge is 0.281 e. The molecule has 0 aliphatic carbocycles. The SMILES string of the molecule is Cc1[nH]ncc1S(=O)(=O)N[C@@H](C)c1ccccc1. The van der Waals surface area contributed by atoms with Gasteiger partial charge in [0.05, 0.1) is 11.9 Å². The molecule has 5 nitrogen and oxygen atoms in total. The zero-order valence-corrected chi connectivity index (χ0v) is 11.0. The highest BCUT2D eigenvalue weighted by atomic mass is 32.2. The fourth-order valence-electron chi connectivity index (χ4n) is 1.72. The topological polar surface area (TPSA) is 74.8 Å². The van der Waals surface area contributed by atoms with Crippen molar-refractivity contribution >= 4 is 10.0 Å². The number of aromatic nitrogens is 2. The van der Waals surface area contributed by atoms with Gasteiger partial charge in [-0.25, -0.2) is 13.1 Å². The van der Waals surface area contributed by atoms with E-state index in [-0.39, 0.29) is 10.9 Å². The van der Waals surface area contributed by atoms with Crippen molar-refractivity contribution in [1.29, 1.82) is 0 Å². The molecule has 1 aromatic heterocycles.